The SMILES string of the molecule is C=CCc1nc(OC)[nH]c(=O)c1CC=C. The van der Waals surface area contributed by atoms with Crippen LogP contribution in [-0.2, 0) is 12.8 Å². The fraction of sp³-hybridized carbons (Fsp3) is 0.273. The molecule has 4 heteroatoms. The summed E-state index contributed by atoms with van der Waals surface area (Å²) in [5.41, 5.74) is 1.12. The minimum Gasteiger partial charge on any atom is -0.468 e. The summed E-state index contributed by atoms with van der Waals surface area (Å²) in [7, 11) is 1.46. The Labute approximate surface area is 88.3 Å². The molecule has 0 saturated carbocycles. The molecule has 0 spiro atoms. The Morgan fingerprint density at radius 3 is 2.60 bits per heavy atom. The molecule has 0 saturated heterocycles. The van der Waals surface area contributed by atoms with E-state index >= 15 is 0 Å². The van der Waals surface area contributed by atoms with Crippen molar-refractivity contribution < 1.29 is 4.74 Å². The molecule has 80 valence electrons. The highest BCUT2D eigenvalue weighted by molar-refractivity contribution is 5.23. The van der Waals surface area contributed by atoms with E-state index in [2.05, 4.69) is 23.1 Å². The topological polar surface area (TPSA) is 55.0 Å². The van der Waals surface area contributed by atoms with Crippen molar-refractivity contribution in [3.8, 4) is 6.01 Å². The Morgan fingerprint density at radius 2 is 2.07 bits per heavy atom. The Morgan fingerprint density at radius 1 is 1.40 bits per heavy atom. The second-order valence-corrected chi connectivity index (χ2v) is 2.99. The van der Waals surface area contributed by atoms with E-state index in [9.17, 15) is 4.79 Å². The highest BCUT2D eigenvalue weighted by Crippen LogP contribution is 2.07. The van der Waals surface area contributed by atoms with Crippen molar-refractivity contribution in [3.05, 3.63) is 46.9 Å². The summed E-state index contributed by atoms with van der Waals surface area (Å²) in [6, 6.07) is 0.227. The van der Waals surface area contributed by atoms with Crippen molar-refractivity contribution in [2.24, 2.45) is 0 Å². The van der Waals surface area contributed by atoms with Gasteiger partial charge in [0, 0.05) is 12.0 Å². The highest BCUT2D eigenvalue weighted by Gasteiger charge is 2.08. The lowest BCUT2D eigenvalue weighted by atomic mass is 10.1. The number of aromatic amines is 1. The number of rotatable bonds is 5. The predicted molar refractivity (Wildman–Crippen MR) is 59.2 cm³/mol. The summed E-state index contributed by atoms with van der Waals surface area (Å²) in [6.45, 7) is 7.23. The van der Waals surface area contributed by atoms with E-state index in [-0.39, 0.29) is 11.6 Å². The molecule has 0 aliphatic rings. The van der Waals surface area contributed by atoms with Gasteiger partial charge in [0.2, 0.25) is 0 Å². The number of H-pyrrole nitrogens is 1. The summed E-state index contributed by atoms with van der Waals surface area (Å²) < 4.78 is 4.89. The van der Waals surface area contributed by atoms with Crippen molar-refractivity contribution >= 4 is 0 Å². The van der Waals surface area contributed by atoms with Gasteiger partial charge in [0.05, 0.1) is 12.8 Å². The van der Waals surface area contributed by atoms with E-state index in [0.717, 1.165) is 0 Å². The number of allylic oxidation sites excluding steroid dienone is 2. The van der Waals surface area contributed by atoms with Crippen molar-refractivity contribution in [2.45, 2.75) is 12.8 Å². The third kappa shape index (κ3) is 2.56. The van der Waals surface area contributed by atoms with Gasteiger partial charge in [-0.1, -0.05) is 12.2 Å². The molecule has 1 heterocycles. The van der Waals surface area contributed by atoms with Crippen LogP contribution in [0.5, 0.6) is 6.01 Å². The van der Waals surface area contributed by atoms with Crippen LogP contribution in [0, 0.1) is 0 Å². The number of ether oxygens (including phenoxy) is 1. The lowest BCUT2D eigenvalue weighted by molar-refractivity contribution is 0.376. The number of aromatic nitrogens is 2. The number of hydrogen-bond acceptors (Lipinski definition) is 3. The number of methoxy groups -OCH3 is 1. The van der Waals surface area contributed by atoms with Crippen LogP contribution >= 0.6 is 0 Å². The van der Waals surface area contributed by atoms with Crippen molar-refractivity contribution in [1.29, 1.82) is 0 Å². The molecule has 4 nitrogen and oxygen atoms in total. The summed E-state index contributed by atoms with van der Waals surface area (Å²) in [5.74, 6) is 0. The van der Waals surface area contributed by atoms with E-state index < -0.39 is 0 Å². The molecule has 15 heavy (non-hydrogen) atoms. The van der Waals surface area contributed by atoms with Crippen LogP contribution in [-0.4, -0.2) is 17.1 Å². The second kappa shape index (κ2) is 5.14. The van der Waals surface area contributed by atoms with Crippen molar-refractivity contribution in [3.63, 3.8) is 0 Å². The van der Waals surface area contributed by atoms with Crippen LogP contribution in [0.15, 0.2) is 30.1 Å². The fourth-order valence-corrected chi connectivity index (χ4v) is 1.28. The van der Waals surface area contributed by atoms with Crippen molar-refractivity contribution in [2.75, 3.05) is 7.11 Å². The van der Waals surface area contributed by atoms with Gasteiger partial charge in [-0.3, -0.25) is 9.78 Å². The Hall–Kier alpha value is -1.84. The van der Waals surface area contributed by atoms with Gasteiger partial charge in [-0.2, -0.15) is 0 Å². The molecule has 0 aliphatic carbocycles. The van der Waals surface area contributed by atoms with E-state index in [1.807, 2.05) is 0 Å². The Bertz CT molecular complexity index is 421. The van der Waals surface area contributed by atoms with Gasteiger partial charge in [0.1, 0.15) is 0 Å². The lowest BCUT2D eigenvalue weighted by Gasteiger charge is -2.05. The average Bonchev–Trinajstić information content (AvgIpc) is 2.23. The lowest BCUT2D eigenvalue weighted by Crippen LogP contribution is -2.18. The van der Waals surface area contributed by atoms with Gasteiger partial charge in [0.25, 0.3) is 11.6 Å². The second-order valence-electron chi connectivity index (χ2n) is 2.99. The maximum atomic E-state index is 11.6. The largest absolute Gasteiger partial charge is 0.468 e. The van der Waals surface area contributed by atoms with E-state index in [1.54, 1.807) is 12.2 Å². The summed E-state index contributed by atoms with van der Waals surface area (Å²) >= 11 is 0. The zero-order valence-corrected chi connectivity index (χ0v) is 8.75. The molecular weight excluding hydrogens is 192 g/mol. The average molecular weight is 206 g/mol. The van der Waals surface area contributed by atoms with Gasteiger partial charge >= 0.3 is 0 Å². The molecule has 0 unspecified atom stereocenters. The van der Waals surface area contributed by atoms with Crippen molar-refractivity contribution in [1.82, 2.24) is 9.97 Å². The van der Waals surface area contributed by atoms with Crippen LogP contribution in [0.3, 0.4) is 0 Å². The quantitative estimate of drug-likeness (QED) is 0.737. The monoisotopic (exact) mass is 206 g/mol. The standard InChI is InChI=1S/C11H14N2O2/c1-4-6-8-9(7-5-2)12-11(15-3)13-10(8)14/h4-5H,1-2,6-7H2,3H3,(H,12,13,14). The van der Waals surface area contributed by atoms with Crippen LogP contribution in [0.1, 0.15) is 11.3 Å². The molecule has 1 N–H and O–H groups in total. The van der Waals surface area contributed by atoms with Gasteiger partial charge < -0.3 is 4.74 Å². The summed E-state index contributed by atoms with van der Waals surface area (Å²) in [5, 5.41) is 0. The third-order valence-electron chi connectivity index (χ3n) is 1.96. The first-order valence-corrected chi connectivity index (χ1v) is 4.60. The molecule has 0 aliphatic heterocycles. The van der Waals surface area contributed by atoms with Crippen LogP contribution in [0.4, 0.5) is 0 Å². The zero-order valence-electron chi connectivity index (χ0n) is 8.75. The molecule has 0 atom stereocenters. The van der Waals surface area contributed by atoms with E-state index in [1.165, 1.54) is 7.11 Å². The minimum atomic E-state index is -0.182. The van der Waals surface area contributed by atoms with Gasteiger partial charge in [0.15, 0.2) is 0 Å². The van der Waals surface area contributed by atoms with E-state index in [0.29, 0.717) is 24.1 Å². The third-order valence-corrected chi connectivity index (χ3v) is 1.96. The minimum absolute atomic E-state index is 0.182. The first kappa shape index (κ1) is 11.2. The van der Waals surface area contributed by atoms with Gasteiger partial charge in [-0.25, -0.2) is 4.98 Å². The predicted octanol–water partition coefficient (Wildman–Crippen LogP) is 1.24. The molecule has 1 rings (SSSR count). The molecule has 0 aromatic carbocycles. The molecule has 0 radical (unpaired) electrons. The molecule has 0 bridgehead atoms. The summed E-state index contributed by atoms with van der Waals surface area (Å²) in [6.07, 6.45) is 4.41. The molecule has 0 amide bonds. The molecule has 1 aromatic heterocycles. The molecule has 1 aromatic rings. The van der Waals surface area contributed by atoms with Crippen LogP contribution < -0.4 is 10.3 Å². The molecule has 0 fully saturated rings. The number of hydrogen-bond donors (Lipinski definition) is 1. The van der Waals surface area contributed by atoms with E-state index in [4.69, 9.17) is 4.74 Å². The smallest absolute Gasteiger partial charge is 0.296 e. The summed E-state index contributed by atoms with van der Waals surface area (Å²) in [4.78, 5) is 18.3. The van der Waals surface area contributed by atoms with Crippen LogP contribution in [0.2, 0.25) is 0 Å². The number of nitrogens with zero attached hydrogens (tertiary/aromatic N) is 1. The first-order chi connectivity index (χ1) is 7.22. The number of nitrogens with one attached hydrogen (secondary N) is 1. The van der Waals surface area contributed by atoms with Gasteiger partial charge in [-0.15, -0.1) is 13.2 Å². The first-order valence-electron chi connectivity index (χ1n) is 4.60. The Balaban J connectivity index is 3.27. The molecular formula is C11H14N2O2. The fourth-order valence-electron chi connectivity index (χ4n) is 1.28. The maximum absolute atomic E-state index is 11.6. The van der Waals surface area contributed by atoms with Crippen LogP contribution in [0.25, 0.3) is 0 Å². The Kier molecular flexibility index (Phi) is 3.85. The zero-order chi connectivity index (χ0) is 11.3. The highest BCUT2D eigenvalue weighted by atomic mass is 16.5. The normalized spacial score (nSPS) is 9.67. The van der Waals surface area contributed by atoms with Gasteiger partial charge in [-0.05, 0) is 6.42 Å². The maximum Gasteiger partial charge on any atom is 0.296 e.